The van der Waals surface area contributed by atoms with Gasteiger partial charge in [0.1, 0.15) is 12.1 Å². The van der Waals surface area contributed by atoms with E-state index in [4.69, 9.17) is 0 Å². The van der Waals surface area contributed by atoms with E-state index >= 15 is 0 Å². The lowest BCUT2D eigenvalue weighted by atomic mass is 9.49. The van der Waals surface area contributed by atoms with E-state index < -0.39 is 0 Å². The smallest absolute Gasteiger partial charge is 0.226 e. The standard InChI is InChI=1S/C28H36N4O/c1-18-3-4-19(2)23(7-18)15-32-6-5-24-25(16-32)29-17-30-27(24)31-26(33)14-28-11-20-8-21(12-28)10-22(9-20)13-28/h3-4,7,17,20-22H,5-6,8-16H2,1-2H3,(H,29,30,31,33). The van der Waals surface area contributed by atoms with Crippen LogP contribution in [0, 0.1) is 37.0 Å². The van der Waals surface area contributed by atoms with Crippen molar-refractivity contribution >= 4 is 11.7 Å². The van der Waals surface area contributed by atoms with Crippen molar-refractivity contribution in [3.8, 4) is 0 Å². The van der Waals surface area contributed by atoms with Crippen molar-refractivity contribution in [1.29, 1.82) is 0 Å². The van der Waals surface area contributed by atoms with Gasteiger partial charge in [0.2, 0.25) is 5.91 Å². The minimum atomic E-state index is 0.163. The maximum Gasteiger partial charge on any atom is 0.226 e. The molecule has 0 atom stereocenters. The normalized spacial score (nSPS) is 30.3. The van der Waals surface area contributed by atoms with Crippen molar-refractivity contribution in [3.05, 3.63) is 52.5 Å². The fourth-order valence-electron chi connectivity index (χ4n) is 7.89. The minimum absolute atomic E-state index is 0.163. The molecule has 5 aliphatic rings. The number of carbonyl (C=O) groups excluding carboxylic acids is 1. The molecule has 0 saturated heterocycles. The number of rotatable bonds is 5. The van der Waals surface area contributed by atoms with Crippen molar-refractivity contribution in [2.75, 3.05) is 11.9 Å². The van der Waals surface area contributed by atoms with Crippen LogP contribution in [0.15, 0.2) is 24.5 Å². The molecule has 0 radical (unpaired) electrons. The average molecular weight is 445 g/mol. The van der Waals surface area contributed by atoms with Gasteiger partial charge in [0.05, 0.1) is 5.69 Å². The number of fused-ring (bicyclic) bond motifs is 1. The summed E-state index contributed by atoms with van der Waals surface area (Å²) in [7, 11) is 0. The lowest BCUT2D eigenvalue weighted by Crippen LogP contribution is -2.47. The van der Waals surface area contributed by atoms with Gasteiger partial charge >= 0.3 is 0 Å². The summed E-state index contributed by atoms with van der Waals surface area (Å²) >= 11 is 0. The Morgan fingerprint density at radius 1 is 1.09 bits per heavy atom. The first-order chi connectivity index (χ1) is 15.9. The summed E-state index contributed by atoms with van der Waals surface area (Å²) in [5.74, 6) is 3.54. The van der Waals surface area contributed by atoms with Gasteiger partial charge in [-0.15, -0.1) is 0 Å². The predicted octanol–water partition coefficient (Wildman–Crippen LogP) is 5.20. The summed E-state index contributed by atoms with van der Waals surface area (Å²) in [5, 5.41) is 3.22. The molecule has 0 spiro atoms. The summed E-state index contributed by atoms with van der Waals surface area (Å²) in [6, 6.07) is 6.68. The number of anilines is 1. The summed E-state index contributed by atoms with van der Waals surface area (Å²) < 4.78 is 0. The third kappa shape index (κ3) is 4.21. The molecule has 33 heavy (non-hydrogen) atoms. The van der Waals surface area contributed by atoms with Gasteiger partial charge in [-0.05, 0) is 93.1 Å². The van der Waals surface area contributed by atoms with E-state index in [0.29, 0.717) is 6.42 Å². The summed E-state index contributed by atoms with van der Waals surface area (Å²) in [4.78, 5) is 24.7. The molecule has 5 heteroatoms. The highest BCUT2D eigenvalue weighted by Crippen LogP contribution is 2.61. The van der Waals surface area contributed by atoms with Gasteiger partial charge in [-0.25, -0.2) is 9.97 Å². The maximum absolute atomic E-state index is 13.2. The third-order valence-corrected chi connectivity index (χ3v) is 8.94. The molecule has 1 aromatic carbocycles. The zero-order chi connectivity index (χ0) is 22.6. The Bertz CT molecular complexity index is 1040. The predicted molar refractivity (Wildman–Crippen MR) is 130 cm³/mol. The Morgan fingerprint density at radius 3 is 2.55 bits per heavy atom. The van der Waals surface area contributed by atoms with Crippen LogP contribution >= 0.6 is 0 Å². The molecular weight excluding hydrogens is 408 g/mol. The van der Waals surface area contributed by atoms with Gasteiger partial charge in [-0.3, -0.25) is 9.69 Å². The van der Waals surface area contributed by atoms with Crippen LogP contribution in [-0.2, 0) is 24.3 Å². The second-order valence-electron chi connectivity index (χ2n) is 11.7. The van der Waals surface area contributed by atoms with Crippen molar-refractivity contribution in [1.82, 2.24) is 14.9 Å². The molecule has 2 aromatic rings. The van der Waals surface area contributed by atoms with Crippen LogP contribution in [0.25, 0.3) is 0 Å². The van der Waals surface area contributed by atoms with Crippen molar-refractivity contribution < 1.29 is 4.79 Å². The number of amides is 1. The number of aromatic nitrogens is 2. The molecule has 0 unspecified atom stereocenters. The number of aryl methyl sites for hydroxylation is 2. The number of carbonyl (C=O) groups is 1. The largest absolute Gasteiger partial charge is 0.310 e. The Morgan fingerprint density at radius 2 is 1.82 bits per heavy atom. The van der Waals surface area contributed by atoms with Crippen LogP contribution in [0.5, 0.6) is 0 Å². The lowest BCUT2D eigenvalue weighted by Gasteiger charge is -2.56. The average Bonchev–Trinajstić information content (AvgIpc) is 2.75. The molecular formula is C28H36N4O. The molecule has 1 aromatic heterocycles. The molecule has 2 heterocycles. The molecule has 4 bridgehead atoms. The van der Waals surface area contributed by atoms with E-state index in [1.54, 1.807) is 6.33 Å². The Balaban J connectivity index is 1.13. The number of hydrogen-bond donors (Lipinski definition) is 1. The zero-order valence-corrected chi connectivity index (χ0v) is 20.1. The van der Waals surface area contributed by atoms with Gasteiger partial charge < -0.3 is 5.32 Å². The highest BCUT2D eigenvalue weighted by Gasteiger charge is 2.51. The summed E-state index contributed by atoms with van der Waals surface area (Å²) in [5.41, 5.74) is 6.48. The molecule has 4 aliphatic carbocycles. The topological polar surface area (TPSA) is 58.1 Å². The first kappa shape index (κ1) is 21.3. The van der Waals surface area contributed by atoms with E-state index in [-0.39, 0.29) is 11.3 Å². The van der Waals surface area contributed by atoms with Gasteiger partial charge in [0.25, 0.3) is 0 Å². The van der Waals surface area contributed by atoms with Crippen molar-refractivity contribution in [2.45, 2.75) is 78.3 Å². The molecule has 5 nitrogen and oxygen atoms in total. The minimum Gasteiger partial charge on any atom is -0.310 e. The highest BCUT2D eigenvalue weighted by atomic mass is 16.1. The quantitative estimate of drug-likeness (QED) is 0.689. The number of nitrogens with zero attached hydrogens (tertiary/aromatic N) is 3. The van der Waals surface area contributed by atoms with Crippen LogP contribution in [0.4, 0.5) is 5.82 Å². The van der Waals surface area contributed by atoms with E-state index in [1.807, 2.05) is 0 Å². The monoisotopic (exact) mass is 444 g/mol. The van der Waals surface area contributed by atoms with E-state index in [9.17, 15) is 4.79 Å². The van der Waals surface area contributed by atoms with Gasteiger partial charge in [-0.1, -0.05) is 23.8 Å². The van der Waals surface area contributed by atoms with E-state index in [0.717, 1.165) is 60.9 Å². The van der Waals surface area contributed by atoms with Crippen LogP contribution in [0.1, 0.15) is 72.9 Å². The number of hydrogen-bond acceptors (Lipinski definition) is 4. The van der Waals surface area contributed by atoms with Crippen LogP contribution in [0.2, 0.25) is 0 Å². The first-order valence-corrected chi connectivity index (χ1v) is 12.9. The Labute approximate surface area is 197 Å². The second kappa shape index (κ2) is 8.19. The highest BCUT2D eigenvalue weighted by molar-refractivity contribution is 5.91. The lowest BCUT2D eigenvalue weighted by molar-refractivity contribution is -0.124. The summed E-state index contributed by atoms with van der Waals surface area (Å²) in [6.07, 6.45) is 11.2. The Hall–Kier alpha value is -2.27. The van der Waals surface area contributed by atoms with E-state index in [2.05, 4.69) is 52.2 Å². The molecule has 7 rings (SSSR count). The van der Waals surface area contributed by atoms with Crippen LogP contribution in [0.3, 0.4) is 0 Å². The van der Waals surface area contributed by atoms with Gasteiger partial charge in [-0.2, -0.15) is 0 Å². The number of benzene rings is 1. The maximum atomic E-state index is 13.2. The van der Waals surface area contributed by atoms with E-state index in [1.165, 1.54) is 55.2 Å². The SMILES string of the molecule is Cc1ccc(C)c(CN2CCc3c(ncnc3NC(=O)CC34CC5CC(CC(C5)C3)C4)C2)c1. The second-order valence-corrected chi connectivity index (χ2v) is 11.7. The fourth-order valence-corrected chi connectivity index (χ4v) is 7.89. The first-order valence-electron chi connectivity index (χ1n) is 12.9. The molecule has 1 aliphatic heterocycles. The van der Waals surface area contributed by atoms with Crippen LogP contribution in [-0.4, -0.2) is 27.3 Å². The Kier molecular flexibility index (Phi) is 5.28. The van der Waals surface area contributed by atoms with Gasteiger partial charge in [0.15, 0.2) is 0 Å². The fraction of sp³-hybridized carbons (Fsp3) is 0.607. The van der Waals surface area contributed by atoms with Crippen molar-refractivity contribution in [2.24, 2.45) is 23.2 Å². The number of nitrogens with one attached hydrogen (secondary N) is 1. The molecule has 4 saturated carbocycles. The molecule has 1 N–H and O–H groups in total. The molecule has 1 amide bonds. The molecule has 174 valence electrons. The third-order valence-electron chi connectivity index (χ3n) is 8.94. The van der Waals surface area contributed by atoms with Crippen LogP contribution < -0.4 is 5.32 Å². The summed E-state index contributed by atoms with van der Waals surface area (Å²) in [6.45, 7) is 7.05. The van der Waals surface area contributed by atoms with Gasteiger partial charge in [0, 0.05) is 31.6 Å². The molecule has 4 fully saturated rings. The van der Waals surface area contributed by atoms with Crippen molar-refractivity contribution in [3.63, 3.8) is 0 Å². The zero-order valence-electron chi connectivity index (χ0n) is 20.1.